The first-order valence-electron chi connectivity index (χ1n) is 8.21. The highest BCUT2D eigenvalue weighted by Crippen LogP contribution is 2.28. The van der Waals surface area contributed by atoms with Gasteiger partial charge in [-0.25, -0.2) is 0 Å². The average Bonchev–Trinajstić information content (AvgIpc) is 2.49. The fraction of sp³-hybridized carbons (Fsp3) is 0.706. The third kappa shape index (κ3) is 6.34. The number of aromatic hydroxyl groups is 1. The van der Waals surface area contributed by atoms with E-state index in [-0.39, 0.29) is 12.3 Å². The number of hydrogen-bond acceptors (Lipinski definition) is 4. The molecule has 0 atom stereocenters. The van der Waals surface area contributed by atoms with Crippen LogP contribution < -0.4 is 10.5 Å². The van der Waals surface area contributed by atoms with Gasteiger partial charge in [-0.15, -0.1) is 0 Å². The summed E-state index contributed by atoms with van der Waals surface area (Å²) in [6.07, 6.45) is 11.8. The van der Waals surface area contributed by atoms with Crippen LogP contribution in [0.15, 0.2) is 6.20 Å². The zero-order valence-electron chi connectivity index (χ0n) is 13.5. The molecule has 0 aliphatic rings. The lowest BCUT2D eigenvalue weighted by Gasteiger charge is -2.12. The molecule has 1 heterocycles. The summed E-state index contributed by atoms with van der Waals surface area (Å²) in [4.78, 5) is 4.11. The molecule has 4 heteroatoms. The van der Waals surface area contributed by atoms with Crippen LogP contribution in [0.25, 0.3) is 0 Å². The van der Waals surface area contributed by atoms with E-state index in [1.807, 2.05) is 0 Å². The van der Waals surface area contributed by atoms with Gasteiger partial charge in [-0.1, -0.05) is 51.9 Å². The van der Waals surface area contributed by atoms with Crippen molar-refractivity contribution in [3.8, 4) is 11.5 Å². The second-order valence-corrected chi connectivity index (χ2v) is 5.56. The molecule has 0 unspecified atom stereocenters. The van der Waals surface area contributed by atoms with Crippen molar-refractivity contribution in [1.29, 1.82) is 0 Å². The first-order chi connectivity index (χ1) is 10.2. The van der Waals surface area contributed by atoms with E-state index < -0.39 is 0 Å². The second-order valence-electron chi connectivity index (χ2n) is 5.56. The zero-order chi connectivity index (χ0) is 15.5. The van der Waals surface area contributed by atoms with Crippen LogP contribution in [0.4, 0.5) is 0 Å². The zero-order valence-corrected chi connectivity index (χ0v) is 13.5. The highest BCUT2D eigenvalue weighted by molar-refractivity contribution is 5.44. The molecule has 0 saturated heterocycles. The van der Waals surface area contributed by atoms with Crippen molar-refractivity contribution < 1.29 is 9.84 Å². The molecule has 0 bridgehead atoms. The molecule has 0 amide bonds. The van der Waals surface area contributed by atoms with Gasteiger partial charge in [-0.2, -0.15) is 0 Å². The Bertz CT molecular complexity index is 408. The monoisotopic (exact) mass is 294 g/mol. The van der Waals surface area contributed by atoms with E-state index >= 15 is 0 Å². The maximum Gasteiger partial charge on any atom is 0.145 e. The molecule has 21 heavy (non-hydrogen) atoms. The number of unbranched alkanes of at least 4 members (excludes halogenated alkanes) is 7. The summed E-state index contributed by atoms with van der Waals surface area (Å²) in [6.45, 7) is 4.93. The van der Waals surface area contributed by atoms with Crippen molar-refractivity contribution in [2.24, 2.45) is 5.73 Å². The van der Waals surface area contributed by atoms with Crippen molar-refractivity contribution in [2.75, 3.05) is 6.61 Å². The van der Waals surface area contributed by atoms with Gasteiger partial charge in [0.25, 0.3) is 0 Å². The third-order valence-electron chi connectivity index (χ3n) is 3.76. The molecule has 0 radical (unpaired) electrons. The standard InChI is InChI=1S/C17H30N2O2/c1-3-4-5-6-7-8-9-10-11-21-16-13-19-14(2)17(20)15(16)12-18/h13,20H,3-12,18H2,1-2H3. The molecule has 0 aromatic carbocycles. The molecule has 120 valence electrons. The van der Waals surface area contributed by atoms with Crippen LogP contribution in [0.1, 0.15) is 69.5 Å². The van der Waals surface area contributed by atoms with Gasteiger partial charge in [0.05, 0.1) is 24.1 Å². The lowest BCUT2D eigenvalue weighted by atomic mass is 10.1. The van der Waals surface area contributed by atoms with Crippen LogP contribution in [0.2, 0.25) is 0 Å². The number of rotatable bonds is 11. The molecule has 0 aliphatic heterocycles. The molecule has 0 saturated carbocycles. The van der Waals surface area contributed by atoms with Crippen molar-refractivity contribution >= 4 is 0 Å². The number of ether oxygens (including phenoxy) is 1. The van der Waals surface area contributed by atoms with Gasteiger partial charge in [-0.05, 0) is 13.3 Å². The number of aryl methyl sites for hydroxylation is 1. The van der Waals surface area contributed by atoms with Gasteiger partial charge in [0.15, 0.2) is 0 Å². The maximum absolute atomic E-state index is 9.90. The molecular formula is C17H30N2O2. The van der Waals surface area contributed by atoms with E-state index in [0.29, 0.717) is 23.6 Å². The quantitative estimate of drug-likeness (QED) is 0.604. The first-order valence-corrected chi connectivity index (χ1v) is 8.21. The minimum atomic E-state index is 0.158. The Balaban J connectivity index is 2.20. The fourth-order valence-corrected chi connectivity index (χ4v) is 2.37. The SMILES string of the molecule is CCCCCCCCCCOc1cnc(C)c(O)c1CN. The fourth-order valence-electron chi connectivity index (χ4n) is 2.37. The summed E-state index contributed by atoms with van der Waals surface area (Å²) >= 11 is 0. The Morgan fingerprint density at radius 3 is 2.33 bits per heavy atom. The number of pyridine rings is 1. The van der Waals surface area contributed by atoms with Crippen molar-refractivity contribution in [3.63, 3.8) is 0 Å². The Kier molecular flexibility index (Phi) is 8.83. The van der Waals surface area contributed by atoms with Crippen LogP contribution in [-0.4, -0.2) is 16.7 Å². The topological polar surface area (TPSA) is 68.4 Å². The molecule has 1 rings (SSSR count). The van der Waals surface area contributed by atoms with Crippen molar-refractivity contribution in [3.05, 3.63) is 17.5 Å². The number of hydrogen-bond donors (Lipinski definition) is 2. The molecule has 3 N–H and O–H groups in total. The van der Waals surface area contributed by atoms with E-state index in [4.69, 9.17) is 10.5 Å². The molecule has 0 aliphatic carbocycles. The summed E-state index contributed by atoms with van der Waals surface area (Å²) in [5.41, 5.74) is 6.91. The van der Waals surface area contributed by atoms with E-state index in [9.17, 15) is 5.11 Å². The first kappa shape index (κ1) is 17.8. The highest BCUT2D eigenvalue weighted by atomic mass is 16.5. The maximum atomic E-state index is 9.90. The number of nitrogens with two attached hydrogens (primary N) is 1. The molecule has 4 nitrogen and oxygen atoms in total. The van der Waals surface area contributed by atoms with Crippen LogP contribution >= 0.6 is 0 Å². The normalized spacial score (nSPS) is 10.8. The van der Waals surface area contributed by atoms with E-state index in [1.54, 1.807) is 13.1 Å². The lowest BCUT2D eigenvalue weighted by Crippen LogP contribution is -2.06. The second kappa shape index (κ2) is 10.4. The molecule has 0 spiro atoms. The van der Waals surface area contributed by atoms with Gasteiger partial charge in [-0.3, -0.25) is 4.98 Å². The minimum Gasteiger partial charge on any atom is -0.506 e. The van der Waals surface area contributed by atoms with E-state index in [2.05, 4.69) is 11.9 Å². The van der Waals surface area contributed by atoms with Crippen LogP contribution in [-0.2, 0) is 6.54 Å². The summed E-state index contributed by atoms with van der Waals surface area (Å²) in [5.74, 6) is 0.773. The largest absolute Gasteiger partial charge is 0.506 e. The van der Waals surface area contributed by atoms with Crippen LogP contribution in [0.3, 0.4) is 0 Å². The number of aromatic nitrogens is 1. The highest BCUT2D eigenvalue weighted by Gasteiger charge is 2.11. The Morgan fingerprint density at radius 1 is 1.10 bits per heavy atom. The Hall–Kier alpha value is -1.29. The predicted molar refractivity (Wildman–Crippen MR) is 86.6 cm³/mol. The van der Waals surface area contributed by atoms with Crippen LogP contribution in [0.5, 0.6) is 11.5 Å². The summed E-state index contributed by atoms with van der Waals surface area (Å²) < 4.78 is 5.71. The van der Waals surface area contributed by atoms with Crippen molar-refractivity contribution in [1.82, 2.24) is 4.98 Å². The van der Waals surface area contributed by atoms with Gasteiger partial charge in [0, 0.05) is 6.54 Å². The average molecular weight is 294 g/mol. The molecule has 1 aromatic rings. The van der Waals surface area contributed by atoms with E-state index in [0.717, 1.165) is 6.42 Å². The van der Waals surface area contributed by atoms with Gasteiger partial charge in [0.1, 0.15) is 11.5 Å². The smallest absolute Gasteiger partial charge is 0.145 e. The van der Waals surface area contributed by atoms with Gasteiger partial charge >= 0.3 is 0 Å². The summed E-state index contributed by atoms with van der Waals surface area (Å²) in [7, 11) is 0. The Morgan fingerprint density at radius 2 is 1.71 bits per heavy atom. The van der Waals surface area contributed by atoms with E-state index in [1.165, 1.54) is 44.9 Å². The molecule has 0 fully saturated rings. The third-order valence-corrected chi connectivity index (χ3v) is 3.76. The summed E-state index contributed by atoms with van der Waals surface area (Å²) in [5, 5.41) is 9.90. The lowest BCUT2D eigenvalue weighted by molar-refractivity contribution is 0.297. The predicted octanol–water partition coefficient (Wildman–Crippen LogP) is 4.07. The molecule has 1 aromatic heterocycles. The van der Waals surface area contributed by atoms with Crippen LogP contribution in [0, 0.1) is 6.92 Å². The van der Waals surface area contributed by atoms with Gasteiger partial charge < -0.3 is 15.6 Å². The van der Waals surface area contributed by atoms with Crippen molar-refractivity contribution in [2.45, 2.75) is 71.8 Å². The summed E-state index contributed by atoms with van der Waals surface area (Å²) in [6, 6.07) is 0. The minimum absolute atomic E-state index is 0.158. The number of nitrogens with zero attached hydrogens (tertiary/aromatic N) is 1. The van der Waals surface area contributed by atoms with Gasteiger partial charge in [0.2, 0.25) is 0 Å². The Labute approximate surface area is 128 Å². The molecular weight excluding hydrogens is 264 g/mol.